The molecule has 27 heavy (non-hydrogen) atoms. The zero-order valence-corrected chi connectivity index (χ0v) is 15.4. The summed E-state index contributed by atoms with van der Waals surface area (Å²) in [5, 5.41) is 23.2. The van der Waals surface area contributed by atoms with Gasteiger partial charge in [-0.2, -0.15) is 4.80 Å². The molecule has 0 aliphatic rings. The Hall–Kier alpha value is -2.95. The minimum Gasteiger partial charge on any atom is -0.481 e. The third-order valence-corrected chi connectivity index (χ3v) is 3.99. The van der Waals surface area contributed by atoms with Crippen LogP contribution < -0.4 is 5.32 Å². The van der Waals surface area contributed by atoms with Crippen LogP contribution in [0.15, 0.2) is 35.5 Å². The van der Waals surface area contributed by atoms with Gasteiger partial charge >= 0.3 is 12.1 Å². The van der Waals surface area contributed by atoms with Crippen molar-refractivity contribution in [2.75, 3.05) is 5.75 Å². The topological polar surface area (TPSA) is 136 Å². The molecule has 0 aliphatic heterocycles. The van der Waals surface area contributed by atoms with Gasteiger partial charge in [-0.15, -0.1) is 10.2 Å². The van der Waals surface area contributed by atoms with Crippen molar-refractivity contribution in [2.24, 2.45) is 0 Å². The van der Waals surface area contributed by atoms with E-state index in [1.54, 1.807) is 24.3 Å². The summed E-state index contributed by atoms with van der Waals surface area (Å²) < 4.78 is 5.03. The first-order valence-corrected chi connectivity index (χ1v) is 9.08. The molecule has 2 aromatic rings. The number of carboxylic acid groups (broad SMARTS) is 1. The van der Waals surface area contributed by atoms with Gasteiger partial charge in [-0.3, -0.25) is 9.59 Å². The normalized spacial score (nSPS) is 11.6. The van der Waals surface area contributed by atoms with Gasteiger partial charge in [0.2, 0.25) is 5.16 Å². The minimum absolute atomic E-state index is 0.00286. The summed E-state index contributed by atoms with van der Waals surface area (Å²) in [5.74, 6) is -1.05. The van der Waals surface area contributed by atoms with Gasteiger partial charge in [0.25, 0.3) is 0 Å². The van der Waals surface area contributed by atoms with E-state index in [0.717, 1.165) is 16.1 Å². The number of aromatic nitrogens is 4. The Bertz CT molecular complexity index is 783. The van der Waals surface area contributed by atoms with E-state index in [9.17, 15) is 14.4 Å². The minimum atomic E-state index is -1.26. The molecule has 0 radical (unpaired) electrons. The zero-order valence-electron chi connectivity index (χ0n) is 14.6. The quantitative estimate of drug-likeness (QED) is 0.569. The number of hydrogen-bond donors (Lipinski definition) is 2. The number of hydrogen-bond acceptors (Lipinski definition) is 8. The third-order valence-electron chi connectivity index (χ3n) is 3.28. The van der Waals surface area contributed by atoms with Crippen LogP contribution in [0.4, 0.5) is 4.79 Å². The van der Waals surface area contributed by atoms with Crippen molar-refractivity contribution in [3.05, 3.63) is 35.9 Å². The number of carboxylic acids is 1. The number of nitrogens with zero attached hydrogens (tertiary/aromatic N) is 4. The first-order chi connectivity index (χ1) is 13.0. The van der Waals surface area contributed by atoms with Crippen LogP contribution in [0.2, 0.25) is 0 Å². The van der Waals surface area contributed by atoms with Crippen LogP contribution in [0.3, 0.4) is 0 Å². The van der Waals surface area contributed by atoms with Crippen LogP contribution in [0.25, 0.3) is 0 Å². The van der Waals surface area contributed by atoms with Crippen molar-refractivity contribution in [2.45, 2.75) is 37.7 Å². The SMILES string of the molecule is CCSc1nnn(CC(=O)C(CC(=O)O)NC(=O)OCc2ccccc2)n1. The lowest BCUT2D eigenvalue weighted by Gasteiger charge is -2.15. The molecule has 0 saturated heterocycles. The molecule has 0 saturated carbocycles. The molecule has 10 nitrogen and oxygen atoms in total. The number of thioether (sulfide) groups is 1. The second-order valence-corrected chi connectivity index (χ2v) is 6.59. The molecule has 1 aromatic heterocycles. The Kier molecular flexibility index (Phi) is 7.74. The molecular formula is C16H19N5O5S. The zero-order chi connectivity index (χ0) is 19.6. The Balaban J connectivity index is 1.93. The van der Waals surface area contributed by atoms with E-state index in [-0.39, 0.29) is 13.2 Å². The number of ether oxygens (including phenoxy) is 1. The molecule has 1 heterocycles. The van der Waals surface area contributed by atoms with E-state index >= 15 is 0 Å². The highest BCUT2D eigenvalue weighted by atomic mass is 32.2. The van der Waals surface area contributed by atoms with Crippen LogP contribution in [-0.4, -0.2) is 55.0 Å². The van der Waals surface area contributed by atoms with E-state index in [4.69, 9.17) is 9.84 Å². The fourth-order valence-corrected chi connectivity index (χ4v) is 2.56. The summed E-state index contributed by atoms with van der Waals surface area (Å²) >= 11 is 1.36. The molecule has 1 unspecified atom stereocenters. The van der Waals surface area contributed by atoms with Crippen molar-refractivity contribution in [3.8, 4) is 0 Å². The van der Waals surface area contributed by atoms with E-state index in [1.165, 1.54) is 11.8 Å². The molecule has 0 bridgehead atoms. The van der Waals surface area contributed by atoms with Gasteiger partial charge in [0.05, 0.1) is 6.42 Å². The van der Waals surface area contributed by atoms with Gasteiger partial charge < -0.3 is 15.2 Å². The fraction of sp³-hybridized carbons (Fsp3) is 0.375. The highest BCUT2D eigenvalue weighted by Crippen LogP contribution is 2.09. The average Bonchev–Trinajstić information content (AvgIpc) is 3.07. The highest BCUT2D eigenvalue weighted by molar-refractivity contribution is 7.99. The first-order valence-electron chi connectivity index (χ1n) is 8.10. The van der Waals surface area contributed by atoms with E-state index in [1.807, 2.05) is 13.0 Å². The summed E-state index contributed by atoms with van der Waals surface area (Å²) in [7, 11) is 0. The summed E-state index contributed by atoms with van der Waals surface area (Å²) in [4.78, 5) is 36.4. The second-order valence-electron chi connectivity index (χ2n) is 5.36. The number of nitrogens with one attached hydrogen (secondary N) is 1. The standard InChI is InChI=1S/C16H19N5O5S/c1-2-27-15-18-20-21(19-15)9-13(22)12(8-14(23)24)17-16(25)26-10-11-6-4-3-5-7-11/h3-7,12H,2,8-10H2,1H3,(H,17,25)(H,23,24). The van der Waals surface area contributed by atoms with Crippen LogP contribution in [0, 0.1) is 0 Å². The monoisotopic (exact) mass is 393 g/mol. The maximum Gasteiger partial charge on any atom is 0.408 e. The van der Waals surface area contributed by atoms with Gasteiger partial charge in [-0.25, -0.2) is 4.79 Å². The molecule has 0 fully saturated rings. The number of aliphatic carboxylic acids is 1. The Morgan fingerprint density at radius 3 is 2.70 bits per heavy atom. The van der Waals surface area contributed by atoms with E-state index < -0.39 is 30.3 Å². The van der Waals surface area contributed by atoms with Crippen LogP contribution in [0.5, 0.6) is 0 Å². The maximum absolute atomic E-state index is 12.4. The summed E-state index contributed by atoms with van der Waals surface area (Å²) in [6.45, 7) is 1.61. The molecule has 1 amide bonds. The fourth-order valence-electron chi connectivity index (χ4n) is 2.06. The van der Waals surface area contributed by atoms with Gasteiger partial charge in [-0.1, -0.05) is 49.0 Å². The lowest BCUT2D eigenvalue weighted by molar-refractivity contribution is -0.139. The van der Waals surface area contributed by atoms with Gasteiger partial charge in [0.15, 0.2) is 5.78 Å². The molecule has 0 spiro atoms. The number of carbonyl (C=O) groups is 3. The van der Waals surface area contributed by atoms with Crippen molar-refractivity contribution in [1.82, 2.24) is 25.5 Å². The average molecular weight is 393 g/mol. The van der Waals surface area contributed by atoms with Crippen LogP contribution in [-0.2, 0) is 27.5 Å². The van der Waals surface area contributed by atoms with E-state index in [2.05, 4.69) is 20.7 Å². The molecule has 1 atom stereocenters. The molecule has 2 rings (SSSR count). The smallest absolute Gasteiger partial charge is 0.408 e. The number of benzene rings is 1. The van der Waals surface area contributed by atoms with Crippen molar-refractivity contribution in [1.29, 1.82) is 0 Å². The number of alkyl carbamates (subject to hydrolysis) is 1. The molecule has 1 aromatic carbocycles. The van der Waals surface area contributed by atoms with E-state index in [0.29, 0.717) is 5.16 Å². The second kappa shape index (κ2) is 10.3. The van der Waals surface area contributed by atoms with Crippen molar-refractivity contribution >= 4 is 29.6 Å². The summed E-state index contributed by atoms with van der Waals surface area (Å²) in [6.07, 6.45) is -1.46. The largest absolute Gasteiger partial charge is 0.481 e. The summed E-state index contributed by atoms with van der Waals surface area (Å²) in [5.41, 5.74) is 0.765. The number of amides is 1. The molecule has 0 aliphatic carbocycles. The molecule has 2 N–H and O–H groups in total. The van der Waals surface area contributed by atoms with Gasteiger partial charge in [0, 0.05) is 0 Å². The molecule has 144 valence electrons. The van der Waals surface area contributed by atoms with Gasteiger partial charge in [-0.05, 0) is 16.5 Å². The Labute approximate surface area is 159 Å². The number of rotatable bonds is 10. The maximum atomic E-state index is 12.4. The lowest BCUT2D eigenvalue weighted by Crippen LogP contribution is -2.44. The number of Topliss-reactive ketones (excluding diaryl/α,β-unsaturated/α-hetero) is 1. The van der Waals surface area contributed by atoms with Gasteiger partial charge in [0.1, 0.15) is 19.2 Å². The highest BCUT2D eigenvalue weighted by Gasteiger charge is 2.25. The molecule has 11 heteroatoms. The third kappa shape index (κ3) is 7.05. The Morgan fingerprint density at radius 2 is 2.04 bits per heavy atom. The van der Waals surface area contributed by atoms with Crippen molar-refractivity contribution < 1.29 is 24.2 Å². The van der Waals surface area contributed by atoms with Crippen LogP contribution >= 0.6 is 11.8 Å². The number of tetrazole rings is 1. The first kappa shape index (κ1) is 20.4. The van der Waals surface area contributed by atoms with Crippen LogP contribution in [0.1, 0.15) is 18.9 Å². The molecular weight excluding hydrogens is 374 g/mol. The summed E-state index contributed by atoms with van der Waals surface area (Å²) in [6, 6.07) is 7.70. The lowest BCUT2D eigenvalue weighted by atomic mass is 10.1. The number of ketones is 1. The predicted molar refractivity (Wildman–Crippen MR) is 95.0 cm³/mol. The predicted octanol–water partition coefficient (Wildman–Crippen LogP) is 1.12. The number of carbonyl (C=O) groups excluding carboxylic acids is 2. The Morgan fingerprint density at radius 1 is 1.30 bits per heavy atom. The van der Waals surface area contributed by atoms with Crippen molar-refractivity contribution in [3.63, 3.8) is 0 Å².